The average molecular weight is 377 g/mol. The number of aryl methyl sites for hydroxylation is 1. The molecule has 2 N–H and O–H groups in total. The Morgan fingerprint density at radius 3 is 2.46 bits per heavy atom. The van der Waals surface area contributed by atoms with Gasteiger partial charge in [-0.15, -0.1) is 0 Å². The molecule has 2 aromatic rings. The average Bonchev–Trinajstić information content (AvgIpc) is 2.88. The summed E-state index contributed by atoms with van der Waals surface area (Å²) in [6.45, 7) is 6.52. The Hall–Kier alpha value is -2.60. The molecule has 0 radical (unpaired) electrons. The molecule has 0 aliphatic rings. The van der Waals surface area contributed by atoms with E-state index in [2.05, 4.69) is 10.3 Å². The van der Waals surface area contributed by atoms with Gasteiger partial charge in [0.15, 0.2) is 11.9 Å². The number of ketones is 1. The van der Waals surface area contributed by atoms with Gasteiger partial charge in [-0.2, -0.15) is 0 Å². The number of halogens is 1. The van der Waals surface area contributed by atoms with Crippen molar-refractivity contribution >= 4 is 29.3 Å². The minimum absolute atomic E-state index is 0.138. The van der Waals surface area contributed by atoms with Crippen molar-refractivity contribution < 1.29 is 19.1 Å². The lowest BCUT2D eigenvalue weighted by molar-refractivity contribution is -0.129. The zero-order chi connectivity index (χ0) is 19.4. The van der Waals surface area contributed by atoms with Crippen molar-refractivity contribution in [2.45, 2.75) is 40.3 Å². The van der Waals surface area contributed by atoms with Crippen molar-refractivity contribution in [1.82, 2.24) is 10.3 Å². The Morgan fingerprint density at radius 2 is 1.88 bits per heavy atom. The molecule has 0 saturated carbocycles. The number of esters is 1. The van der Waals surface area contributed by atoms with Crippen LogP contribution in [0.2, 0.25) is 5.02 Å². The zero-order valence-corrected chi connectivity index (χ0v) is 15.9. The number of aromatic amines is 1. The van der Waals surface area contributed by atoms with Gasteiger partial charge in [-0.3, -0.25) is 9.59 Å². The second kappa shape index (κ2) is 8.19. The topological polar surface area (TPSA) is 88.3 Å². The number of carbonyl (C=O) groups excluding carboxylic acids is 3. The molecule has 0 aliphatic carbocycles. The molecule has 0 spiro atoms. The maximum Gasteiger partial charge on any atom is 0.355 e. The molecule has 1 heterocycles. The molecule has 7 heteroatoms. The maximum atomic E-state index is 12.3. The van der Waals surface area contributed by atoms with Crippen molar-refractivity contribution in [2.75, 3.05) is 0 Å². The third-order valence-electron chi connectivity index (χ3n) is 4.06. The van der Waals surface area contributed by atoms with E-state index in [-0.39, 0.29) is 18.0 Å². The van der Waals surface area contributed by atoms with Crippen LogP contribution in [0.25, 0.3) is 0 Å². The van der Waals surface area contributed by atoms with Crippen molar-refractivity contribution in [3.05, 3.63) is 57.4 Å². The van der Waals surface area contributed by atoms with Crippen LogP contribution in [0.5, 0.6) is 0 Å². The molecule has 0 aliphatic heterocycles. The number of hydrogen-bond donors (Lipinski definition) is 2. The van der Waals surface area contributed by atoms with Crippen LogP contribution in [0.3, 0.4) is 0 Å². The largest absolute Gasteiger partial charge is 0.448 e. The molecular formula is C19H21ClN2O4. The lowest BCUT2D eigenvalue weighted by Crippen LogP contribution is -2.35. The first kappa shape index (κ1) is 19.7. The predicted octanol–water partition coefficient (Wildman–Crippen LogP) is 3.35. The van der Waals surface area contributed by atoms with E-state index >= 15 is 0 Å². The van der Waals surface area contributed by atoms with E-state index in [4.69, 9.17) is 16.3 Å². The number of nitrogens with one attached hydrogen (secondary N) is 2. The lowest BCUT2D eigenvalue weighted by atomic mass is 10.1. The summed E-state index contributed by atoms with van der Waals surface area (Å²) >= 11 is 6.04. The van der Waals surface area contributed by atoms with E-state index in [1.165, 1.54) is 13.8 Å². The second-order valence-electron chi connectivity index (χ2n) is 6.04. The second-order valence-corrected chi connectivity index (χ2v) is 6.45. The quantitative estimate of drug-likeness (QED) is 0.597. The molecule has 0 saturated heterocycles. The summed E-state index contributed by atoms with van der Waals surface area (Å²) in [7, 11) is 0. The van der Waals surface area contributed by atoms with Crippen LogP contribution in [0.4, 0.5) is 0 Å². The van der Waals surface area contributed by atoms with E-state index in [1.807, 2.05) is 6.07 Å². The van der Waals surface area contributed by atoms with Crippen molar-refractivity contribution in [3.8, 4) is 0 Å². The summed E-state index contributed by atoms with van der Waals surface area (Å²) < 4.78 is 5.22. The number of ether oxygens (including phenoxy) is 1. The molecule has 0 unspecified atom stereocenters. The van der Waals surface area contributed by atoms with Gasteiger partial charge in [0.2, 0.25) is 0 Å². The highest BCUT2D eigenvalue weighted by Crippen LogP contribution is 2.20. The maximum absolute atomic E-state index is 12.3. The fourth-order valence-corrected chi connectivity index (χ4v) is 2.93. The number of hydrogen-bond acceptors (Lipinski definition) is 4. The van der Waals surface area contributed by atoms with Gasteiger partial charge in [0, 0.05) is 22.8 Å². The molecule has 0 fully saturated rings. The van der Waals surface area contributed by atoms with Gasteiger partial charge >= 0.3 is 5.97 Å². The number of aromatic nitrogens is 1. The summed E-state index contributed by atoms with van der Waals surface area (Å²) in [6.07, 6.45) is -0.992. The first-order valence-electron chi connectivity index (χ1n) is 8.14. The van der Waals surface area contributed by atoms with Crippen LogP contribution in [-0.4, -0.2) is 28.7 Å². The van der Waals surface area contributed by atoms with E-state index in [0.717, 1.165) is 5.56 Å². The van der Waals surface area contributed by atoms with Gasteiger partial charge in [-0.1, -0.05) is 29.8 Å². The highest BCUT2D eigenvalue weighted by molar-refractivity contribution is 6.31. The molecule has 2 rings (SSSR count). The van der Waals surface area contributed by atoms with Gasteiger partial charge in [-0.05, 0) is 44.9 Å². The normalized spacial score (nSPS) is 11.7. The van der Waals surface area contributed by atoms with Crippen LogP contribution in [0, 0.1) is 13.8 Å². The molecule has 138 valence electrons. The number of Topliss-reactive ketones (excluding diaryl/α,β-unsaturated/α-hetero) is 1. The number of carbonyl (C=O) groups is 3. The monoisotopic (exact) mass is 376 g/mol. The molecule has 1 aromatic heterocycles. The van der Waals surface area contributed by atoms with Gasteiger partial charge in [-0.25, -0.2) is 4.79 Å². The molecule has 0 bridgehead atoms. The molecule has 1 aromatic carbocycles. The summed E-state index contributed by atoms with van der Waals surface area (Å²) in [6, 6.07) is 7.15. The molecule has 1 atom stereocenters. The van der Waals surface area contributed by atoms with Gasteiger partial charge < -0.3 is 15.0 Å². The number of rotatable bonds is 6. The van der Waals surface area contributed by atoms with E-state index < -0.39 is 18.0 Å². The Balaban J connectivity index is 2.00. The Kier molecular flexibility index (Phi) is 6.21. The Labute approximate surface area is 156 Å². The van der Waals surface area contributed by atoms with Crippen LogP contribution in [0.15, 0.2) is 24.3 Å². The molecule has 1 amide bonds. The van der Waals surface area contributed by atoms with Crippen LogP contribution >= 0.6 is 11.6 Å². The SMILES string of the molecule is CC(=O)c1c(C)[nH]c(C(=O)O[C@H](C)C(=O)NCc2ccccc2Cl)c1C. The van der Waals surface area contributed by atoms with Crippen molar-refractivity contribution in [1.29, 1.82) is 0 Å². The number of benzene rings is 1. The lowest BCUT2D eigenvalue weighted by Gasteiger charge is -2.14. The van der Waals surface area contributed by atoms with Crippen LogP contribution in [-0.2, 0) is 16.1 Å². The Bertz CT molecular complexity index is 857. The molecule has 26 heavy (non-hydrogen) atoms. The van der Waals surface area contributed by atoms with E-state index in [0.29, 0.717) is 21.8 Å². The third-order valence-corrected chi connectivity index (χ3v) is 4.43. The minimum atomic E-state index is -0.992. The predicted molar refractivity (Wildman–Crippen MR) is 98.4 cm³/mol. The van der Waals surface area contributed by atoms with Gasteiger partial charge in [0.25, 0.3) is 5.91 Å². The molecular weight excluding hydrogens is 356 g/mol. The van der Waals surface area contributed by atoms with Crippen molar-refractivity contribution in [3.63, 3.8) is 0 Å². The van der Waals surface area contributed by atoms with Crippen LogP contribution < -0.4 is 5.32 Å². The van der Waals surface area contributed by atoms with Gasteiger partial charge in [0.05, 0.1) is 0 Å². The number of amides is 1. The first-order valence-corrected chi connectivity index (χ1v) is 8.52. The summed E-state index contributed by atoms with van der Waals surface area (Å²) in [5.41, 5.74) is 2.52. The Morgan fingerprint density at radius 1 is 1.23 bits per heavy atom. The smallest absolute Gasteiger partial charge is 0.355 e. The fraction of sp³-hybridized carbons (Fsp3) is 0.316. The highest BCUT2D eigenvalue weighted by Gasteiger charge is 2.24. The first-order chi connectivity index (χ1) is 12.2. The van der Waals surface area contributed by atoms with E-state index in [1.54, 1.807) is 32.0 Å². The highest BCUT2D eigenvalue weighted by atomic mass is 35.5. The van der Waals surface area contributed by atoms with Crippen LogP contribution in [0.1, 0.15) is 51.5 Å². The van der Waals surface area contributed by atoms with Gasteiger partial charge in [0.1, 0.15) is 5.69 Å². The summed E-state index contributed by atoms with van der Waals surface area (Å²) in [5.74, 6) is -1.26. The van der Waals surface area contributed by atoms with Crippen molar-refractivity contribution in [2.24, 2.45) is 0 Å². The fourth-order valence-electron chi connectivity index (χ4n) is 2.72. The van der Waals surface area contributed by atoms with E-state index in [9.17, 15) is 14.4 Å². The number of H-pyrrole nitrogens is 1. The standard InChI is InChI=1S/C19H21ClN2O4/c1-10-16(12(3)23)11(2)22-17(10)19(25)26-13(4)18(24)21-9-14-7-5-6-8-15(14)20/h5-8,13,22H,9H2,1-4H3,(H,21,24)/t13-/m1/s1. The minimum Gasteiger partial charge on any atom is -0.448 e. The zero-order valence-electron chi connectivity index (χ0n) is 15.1. The summed E-state index contributed by atoms with van der Waals surface area (Å²) in [4.78, 5) is 39.0. The third kappa shape index (κ3) is 4.32. The molecule has 6 nitrogen and oxygen atoms in total. The summed E-state index contributed by atoms with van der Waals surface area (Å²) in [5, 5.41) is 3.23.